The average molecular weight is 282 g/mol. The molecular formula is C12H12ClN3OS. The molecule has 1 aromatic heterocycles. The molecule has 1 aromatic carbocycles. The van der Waals surface area contributed by atoms with Gasteiger partial charge < -0.3 is 10.5 Å². The van der Waals surface area contributed by atoms with Crippen LogP contribution in [0.2, 0.25) is 5.02 Å². The van der Waals surface area contributed by atoms with Crippen molar-refractivity contribution in [1.29, 1.82) is 0 Å². The first-order valence-corrected chi connectivity index (χ1v) is 6.04. The van der Waals surface area contributed by atoms with Gasteiger partial charge in [0, 0.05) is 24.4 Å². The number of nitrogens with zero attached hydrogens (tertiary/aromatic N) is 2. The minimum absolute atomic E-state index is 0.315. The van der Waals surface area contributed by atoms with Crippen LogP contribution in [0.5, 0.6) is 5.75 Å². The molecule has 0 amide bonds. The Morgan fingerprint density at radius 2 is 2.33 bits per heavy atom. The zero-order valence-corrected chi connectivity index (χ0v) is 11.3. The Labute approximate surface area is 115 Å². The number of nitrogens with two attached hydrogens (primary N) is 1. The van der Waals surface area contributed by atoms with E-state index in [1.807, 2.05) is 13.2 Å². The third-order valence-electron chi connectivity index (χ3n) is 2.37. The molecule has 0 aliphatic rings. The van der Waals surface area contributed by atoms with Crippen molar-refractivity contribution in [3.8, 4) is 5.75 Å². The van der Waals surface area contributed by atoms with Crippen LogP contribution in [0.3, 0.4) is 0 Å². The molecule has 0 radical (unpaired) electrons. The Morgan fingerprint density at radius 3 is 2.89 bits per heavy atom. The summed E-state index contributed by atoms with van der Waals surface area (Å²) in [6, 6.07) is 5.24. The number of benzene rings is 1. The molecule has 94 valence electrons. The van der Waals surface area contributed by atoms with Gasteiger partial charge in [0.1, 0.15) is 17.3 Å². The molecule has 0 atom stereocenters. The maximum atomic E-state index is 6.08. The molecule has 1 heterocycles. The summed E-state index contributed by atoms with van der Waals surface area (Å²) in [6.45, 7) is 0.417. The van der Waals surface area contributed by atoms with E-state index in [9.17, 15) is 0 Å². The summed E-state index contributed by atoms with van der Waals surface area (Å²) in [5.74, 6) is 0.598. The second-order valence-corrected chi connectivity index (χ2v) is 4.67. The second-order valence-electron chi connectivity index (χ2n) is 3.82. The summed E-state index contributed by atoms with van der Waals surface area (Å²) in [4.78, 5) is 0.315. The fourth-order valence-electron chi connectivity index (χ4n) is 1.48. The highest BCUT2D eigenvalue weighted by atomic mass is 35.5. The third kappa shape index (κ3) is 3.00. The molecule has 2 N–H and O–H groups in total. The first-order valence-electron chi connectivity index (χ1n) is 5.26. The molecule has 0 unspecified atom stereocenters. The van der Waals surface area contributed by atoms with Gasteiger partial charge in [-0.15, -0.1) is 0 Å². The minimum Gasteiger partial charge on any atom is -0.487 e. The van der Waals surface area contributed by atoms with E-state index in [0.29, 0.717) is 22.4 Å². The molecule has 0 aliphatic carbocycles. The van der Waals surface area contributed by atoms with E-state index in [4.69, 9.17) is 34.3 Å². The SMILES string of the molecule is Cn1cc(COc2ccc(C(N)=S)cc2Cl)cn1. The molecule has 0 bridgehead atoms. The number of ether oxygens (including phenoxy) is 1. The van der Waals surface area contributed by atoms with Crippen molar-refractivity contribution in [1.82, 2.24) is 9.78 Å². The molecule has 6 heteroatoms. The normalized spacial score (nSPS) is 10.3. The molecule has 2 rings (SSSR count). The number of aryl methyl sites for hydroxylation is 1. The fraction of sp³-hybridized carbons (Fsp3) is 0.167. The molecule has 0 saturated heterocycles. The molecule has 4 nitrogen and oxygen atoms in total. The van der Waals surface area contributed by atoms with Crippen molar-refractivity contribution in [2.24, 2.45) is 12.8 Å². The van der Waals surface area contributed by atoms with E-state index < -0.39 is 0 Å². The number of thiocarbonyl (C=S) groups is 1. The van der Waals surface area contributed by atoms with Gasteiger partial charge in [-0.2, -0.15) is 5.10 Å². The smallest absolute Gasteiger partial charge is 0.138 e. The number of hydrogen-bond donors (Lipinski definition) is 1. The lowest BCUT2D eigenvalue weighted by atomic mass is 10.2. The number of rotatable bonds is 4. The number of halogens is 1. The minimum atomic E-state index is 0.315. The fourth-order valence-corrected chi connectivity index (χ4v) is 1.84. The van der Waals surface area contributed by atoms with Gasteiger partial charge in [-0.05, 0) is 18.2 Å². The predicted molar refractivity (Wildman–Crippen MR) is 74.9 cm³/mol. The Morgan fingerprint density at radius 1 is 1.56 bits per heavy atom. The van der Waals surface area contributed by atoms with Gasteiger partial charge in [-0.25, -0.2) is 0 Å². The summed E-state index contributed by atoms with van der Waals surface area (Å²) in [7, 11) is 1.85. The molecule has 2 aromatic rings. The van der Waals surface area contributed by atoms with Crippen molar-refractivity contribution in [3.63, 3.8) is 0 Å². The maximum absolute atomic E-state index is 6.08. The quantitative estimate of drug-likeness (QED) is 0.874. The van der Waals surface area contributed by atoms with Gasteiger partial charge in [0.2, 0.25) is 0 Å². The van der Waals surface area contributed by atoms with Crippen molar-refractivity contribution >= 4 is 28.8 Å². The Kier molecular flexibility index (Phi) is 3.84. The van der Waals surface area contributed by atoms with Crippen LogP contribution in [-0.4, -0.2) is 14.8 Å². The Hall–Kier alpha value is -1.59. The standard InChI is InChI=1S/C12H12ClN3OS/c1-16-6-8(5-15-16)7-17-11-3-2-9(12(14)18)4-10(11)13/h2-6H,7H2,1H3,(H2,14,18). The van der Waals surface area contributed by atoms with Crippen LogP contribution in [-0.2, 0) is 13.7 Å². The van der Waals surface area contributed by atoms with Gasteiger partial charge in [0.15, 0.2) is 0 Å². The molecule has 0 spiro atoms. The molecular weight excluding hydrogens is 270 g/mol. The summed E-state index contributed by atoms with van der Waals surface area (Å²) < 4.78 is 7.32. The molecule has 0 aliphatic heterocycles. The lowest BCUT2D eigenvalue weighted by Gasteiger charge is -2.08. The van der Waals surface area contributed by atoms with E-state index in [0.717, 1.165) is 11.1 Å². The van der Waals surface area contributed by atoms with Crippen LogP contribution < -0.4 is 10.5 Å². The van der Waals surface area contributed by atoms with Crippen molar-refractivity contribution < 1.29 is 4.74 Å². The largest absolute Gasteiger partial charge is 0.487 e. The van der Waals surface area contributed by atoms with Gasteiger partial charge in [0.25, 0.3) is 0 Å². The van der Waals surface area contributed by atoms with E-state index >= 15 is 0 Å². The summed E-state index contributed by atoms with van der Waals surface area (Å²) in [5, 5.41) is 4.55. The predicted octanol–water partition coefficient (Wildman–Crippen LogP) is 2.29. The third-order valence-corrected chi connectivity index (χ3v) is 2.90. The van der Waals surface area contributed by atoms with E-state index in [-0.39, 0.29) is 0 Å². The van der Waals surface area contributed by atoms with Crippen LogP contribution in [0.1, 0.15) is 11.1 Å². The lowest BCUT2D eigenvalue weighted by Crippen LogP contribution is -2.09. The first kappa shape index (κ1) is 12.9. The highest BCUT2D eigenvalue weighted by Crippen LogP contribution is 2.26. The van der Waals surface area contributed by atoms with E-state index in [1.54, 1.807) is 29.1 Å². The van der Waals surface area contributed by atoms with E-state index in [2.05, 4.69) is 5.10 Å². The van der Waals surface area contributed by atoms with Crippen LogP contribution >= 0.6 is 23.8 Å². The lowest BCUT2D eigenvalue weighted by molar-refractivity contribution is 0.306. The summed E-state index contributed by atoms with van der Waals surface area (Å²) in [5.41, 5.74) is 7.23. The van der Waals surface area contributed by atoms with Crippen LogP contribution in [0, 0.1) is 0 Å². The summed E-state index contributed by atoms with van der Waals surface area (Å²) in [6.07, 6.45) is 3.63. The van der Waals surface area contributed by atoms with Crippen molar-refractivity contribution in [2.45, 2.75) is 6.61 Å². The zero-order chi connectivity index (χ0) is 13.1. The van der Waals surface area contributed by atoms with Gasteiger partial charge in [-0.1, -0.05) is 23.8 Å². The number of aromatic nitrogens is 2. The number of hydrogen-bond acceptors (Lipinski definition) is 3. The molecule has 0 fully saturated rings. The second kappa shape index (κ2) is 5.37. The Bertz CT molecular complexity index is 582. The van der Waals surface area contributed by atoms with Crippen LogP contribution in [0.4, 0.5) is 0 Å². The highest BCUT2D eigenvalue weighted by Gasteiger charge is 2.05. The van der Waals surface area contributed by atoms with Crippen LogP contribution in [0.15, 0.2) is 30.6 Å². The molecule has 18 heavy (non-hydrogen) atoms. The monoisotopic (exact) mass is 281 g/mol. The van der Waals surface area contributed by atoms with Gasteiger partial charge >= 0.3 is 0 Å². The van der Waals surface area contributed by atoms with Gasteiger partial charge in [0.05, 0.1) is 11.2 Å². The van der Waals surface area contributed by atoms with Crippen molar-refractivity contribution in [2.75, 3.05) is 0 Å². The zero-order valence-electron chi connectivity index (χ0n) is 9.76. The van der Waals surface area contributed by atoms with Crippen molar-refractivity contribution in [3.05, 3.63) is 46.7 Å². The first-order chi connectivity index (χ1) is 8.56. The van der Waals surface area contributed by atoms with E-state index in [1.165, 1.54) is 0 Å². The highest BCUT2D eigenvalue weighted by molar-refractivity contribution is 7.80. The topological polar surface area (TPSA) is 53.1 Å². The van der Waals surface area contributed by atoms with Gasteiger partial charge in [-0.3, -0.25) is 4.68 Å². The summed E-state index contributed by atoms with van der Waals surface area (Å²) >= 11 is 11.0. The van der Waals surface area contributed by atoms with Crippen LogP contribution in [0.25, 0.3) is 0 Å². The maximum Gasteiger partial charge on any atom is 0.138 e. The molecule has 0 saturated carbocycles. The Balaban J connectivity index is 2.08. The average Bonchev–Trinajstić information content (AvgIpc) is 2.73.